The van der Waals surface area contributed by atoms with Crippen LogP contribution in [0.2, 0.25) is 0 Å². The predicted molar refractivity (Wildman–Crippen MR) is 59.8 cm³/mol. The van der Waals surface area contributed by atoms with Crippen molar-refractivity contribution < 1.29 is 27.8 Å². The van der Waals surface area contributed by atoms with Gasteiger partial charge in [0.15, 0.2) is 17.6 Å². The Morgan fingerprint density at radius 2 is 1.67 bits per heavy atom. The minimum absolute atomic E-state index is 0.195. The Hall–Kier alpha value is -1.43. The molecule has 0 spiro atoms. The van der Waals surface area contributed by atoms with Crippen LogP contribution in [0.25, 0.3) is 0 Å². The molecule has 0 heterocycles. The van der Waals surface area contributed by atoms with Crippen molar-refractivity contribution in [3.63, 3.8) is 0 Å². The van der Waals surface area contributed by atoms with E-state index < -0.39 is 12.3 Å². The van der Waals surface area contributed by atoms with Gasteiger partial charge < -0.3 is 14.6 Å². The van der Waals surface area contributed by atoms with Gasteiger partial charge in [-0.3, -0.25) is 0 Å². The highest BCUT2D eigenvalue weighted by molar-refractivity contribution is 5.43. The Kier molecular flexibility index (Phi) is 4.84. The van der Waals surface area contributed by atoms with Gasteiger partial charge >= 0.3 is 6.18 Å². The van der Waals surface area contributed by atoms with E-state index in [9.17, 15) is 13.2 Å². The van der Waals surface area contributed by atoms with Crippen LogP contribution in [-0.4, -0.2) is 24.5 Å². The smallest absolute Gasteiger partial charge is 0.418 e. The molecule has 0 saturated carbocycles. The van der Waals surface area contributed by atoms with Crippen LogP contribution in [0.1, 0.15) is 25.5 Å². The molecule has 18 heavy (non-hydrogen) atoms. The zero-order chi connectivity index (χ0) is 13.8. The Morgan fingerprint density at radius 1 is 1.11 bits per heavy atom. The summed E-state index contributed by atoms with van der Waals surface area (Å²) in [6, 6.07) is 3.68. The fourth-order valence-corrected chi connectivity index (χ4v) is 1.43. The van der Waals surface area contributed by atoms with Gasteiger partial charge in [-0.2, -0.15) is 13.2 Å². The van der Waals surface area contributed by atoms with Crippen LogP contribution in [0, 0.1) is 0 Å². The molecule has 6 heteroatoms. The highest BCUT2D eigenvalue weighted by Gasteiger charge is 2.39. The minimum atomic E-state index is -4.70. The van der Waals surface area contributed by atoms with Gasteiger partial charge in [0.2, 0.25) is 0 Å². The van der Waals surface area contributed by atoms with Crippen molar-refractivity contribution in [3.8, 4) is 11.5 Å². The Morgan fingerprint density at radius 3 is 2.17 bits per heavy atom. The average Bonchev–Trinajstić information content (AvgIpc) is 2.30. The maximum absolute atomic E-state index is 12.4. The quantitative estimate of drug-likeness (QED) is 0.888. The molecular weight excluding hydrogens is 249 g/mol. The van der Waals surface area contributed by atoms with Crippen LogP contribution < -0.4 is 9.47 Å². The zero-order valence-electron chi connectivity index (χ0n) is 10.1. The third kappa shape index (κ3) is 3.53. The average molecular weight is 264 g/mol. The van der Waals surface area contributed by atoms with Crippen molar-refractivity contribution in [2.24, 2.45) is 0 Å². The molecule has 1 N–H and O–H groups in total. The topological polar surface area (TPSA) is 38.7 Å². The van der Waals surface area contributed by atoms with Gasteiger partial charge in [0.25, 0.3) is 0 Å². The van der Waals surface area contributed by atoms with Gasteiger partial charge in [0.05, 0.1) is 13.2 Å². The molecule has 0 radical (unpaired) electrons. The normalized spacial score (nSPS) is 13.2. The molecule has 0 aliphatic rings. The first-order chi connectivity index (χ1) is 8.40. The van der Waals surface area contributed by atoms with Crippen molar-refractivity contribution in [1.82, 2.24) is 0 Å². The number of aliphatic hydroxyl groups excluding tert-OH is 1. The summed E-state index contributed by atoms with van der Waals surface area (Å²) in [6.45, 7) is 4.14. The van der Waals surface area contributed by atoms with E-state index in [4.69, 9.17) is 14.6 Å². The highest BCUT2D eigenvalue weighted by Crippen LogP contribution is 2.37. The van der Waals surface area contributed by atoms with E-state index in [-0.39, 0.29) is 11.3 Å². The maximum Gasteiger partial charge on any atom is 0.418 e. The summed E-state index contributed by atoms with van der Waals surface area (Å²) < 4.78 is 47.5. The van der Waals surface area contributed by atoms with Crippen molar-refractivity contribution in [1.29, 1.82) is 0 Å². The van der Waals surface area contributed by atoms with Crippen molar-refractivity contribution in [2.45, 2.75) is 26.1 Å². The number of halogens is 3. The molecule has 0 aliphatic heterocycles. The van der Waals surface area contributed by atoms with Crippen LogP contribution in [0.3, 0.4) is 0 Å². The number of alkyl halides is 3. The van der Waals surface area contributed by atoms with Gasteiger partial charge in [-0.15, -0.1) is 0 Å². The molecule has 0 fully saturated rings. The van der Waals surface area contributed by atoms with Crippen molar-refractivity contribution in [3.05, 3.63) is 23.8 Å². The zero-order valence-corrected chi connectivity index (χ0v) is 10.1. The maximum atomic E-state index is 12.4. The van der Waals surface area contributed by atoms with Crippen LogP contribution in [0.5, 0.6) is 11.5 Å². The van der Waals surface area contributed by atoms with E-state index in [0.29, 0.717) is 19.0 Å². The van der Waals surface area contributed by atoms with Gasteiger partial charge in [-0.25, -0.2) is 0 Å². The number of ether oxygens (including phenoxy) is 2. The molecule has 1 aromatic rings. The minimum Gasteiger partial charge on any atom is -0.490 e. The summed E-state index contributed by atoms with van der Waals surface area (Å²) in [5.74, 6) is 0.553. The van der Waals surface area contributed by atoms with E-state index in [2.05, 4.69) is 0 Å². The summed E-state index contributed by atoms with van der Waals surface area (Å²) in [5, 5.41) is 9.15. The fourth-order valence-electron chi connectivity index (χ4n) is 1.43. The van der Waals surface area contributed by atoms with Crippen LogP contribution in [0.15, 0.2) is 18.2 Å². The second-order valence-corrected chi connectivity index (χ2v) is 3.52. The summed E-state index contributed by atoms with van der Waals surface area (Å²) >= 11 is 0. The Balaban J connectivity index is 3.06. The van der Waals surface area contributed by atoms with Crippen LogP contribution >= 0.6 is 0 Å². The lowest BCUT2D eigenvalue weighted by Crippen LogP contribution is -2.20. The van der Waals surface area contributed by atoms with E-state index in [1.807, 2.05) is 0 Å². The lowest BCUT2D eigenvalue weighted by Gasteiger charge is -2.17. The highest BCUT2D eigenvalue weighted by atomic mass is 19.4. The van der Waals surface area contributed by atoms with Crippen LogP contribution in [-0.2, 0) is 0 Å². The third-order valence-electron chi connectivity index (χ3n) is 2.19. The van der Waals surface area contributed by atoms with Crippen molar-refractivity contribution in [2.75, 3.05) is 13.2 Å². The summed E-state index contributed by atoms with van der Waals surface area (Å²) in [4.78, 5) is 0. The summed E-state index contributed by atoms with van der Waals surface area (Å²) in [6.07, 6.45) is -7.22. The summed E-state index contributed by atoms with van der Waals surface area (Å²) in [7, 11) is 0. The van der Waals surface area contributed by atoms with Crippen LogP contribution in [0.4, 0.5) is 13.2 Å². The molecule has 0 aromatic heterocycles. The van der Waals surface area contributed by atoms with E-state index >= 15 is 0 Å². The second kappa shape index (κ2) is 5.95. The van der Waals surface area contributed by atoms with E-state index in [1.54, 1.807) is 13.8 Å². The molecule has 3 nitrogen and oxygen atoms in total. The monoisotopic (exact) mass is 264 g/mol. The molecule has 102 valence electrons. The van der Waals surface area contributed by atoms with Gasteiger partial charge in [-0.1, -0.05) is 6.07 Å². The number of rotatable bonds is 5. The molecule has 1 aromatic carbocycles. The van der Waals surface area contributed by atoms with Gasteiger partial charge in [-0.05, 0) is 31.5 Å². The fraction of sp³-hybridized carbons (Fsp3) is 0.500. The van der Waals surface area contributed by atoms with Crippen molar-refractivity contribution >= 4 is 0 Å². The number of benzene rings is 1. The summed E-state index contributed by atoms with van der Waals surface area (Å²) in [5.41, 5.74) is -0.269. The largest absolute Gasteiger partial charge is 0.490 e. The molecular formula is C12H15F3O3. The van der Waals surface area contributed by atoms with E-state index in [0.717, 1.165) is 6.07 Å². The molecule has 1 unspecified atom stereocenters. The SMILES string of the molecule is CCOc1ccc(C(O)C(F)(F)F)cc1OCC. The first-order valence-corrected chi connectivity index (χ1v) is 5.54. The lowest BCUT2D eigenvalue weighted by molar-refractivity contribution is -0.206. The number of hydrogen-bond donors (Lipinski definition) is 1. The first-order valence-electron chi connectivity index (χ1n) is 5.54. The van der Waals surface area contributed by atoms with Gasteiger partial charge in [0, 0.05) is 0 Å². The third-order valence-corrected chi connectivity index (χ3v) is 2.19. The molecule has 0 amide bonds. The number of hydrogen-bond acceptors (Lipinski definition) is 3. The molecule has 1 atom stereocenters. The molecule has 1 rings (SSSR count). The van der Waals surface area contributed by atoms with E-state index in [1.165, 1.54) is 12.1 Å². The second-order valence-electron chi connectivity index (χ2n) is 3.52. The molecule has 0 aliphatic carbocycles. The van der Waals surface area contributed by atoms with Gasteiger partial charge in [0.1, 0.15) is 0 Å². The standard InChI is InChI=1S/C12H15F3O3/c1-3-17-9-6-5-8(7-10(9)18-4-2)11(16)12(13,14)15/h5-7,11,16H,3-4H2,1-2H3. The Bertz CT molecular complexity index is 391. The Labute approximate surface area is 103 Å². The molecule has 0 bridgehead atoms. The molecule has 0 saturated heterocycles. The first kappa shape index (κ1) is 14.6. The number of aliphatic hydroxyl groups is 1. The lowest BCUT2D eigenvalue weighted by atomic mass is 10.1. The predicted octanol–water partition coefficient (Wildman–Crippen LogP) is 3.08.